The summed E-state index contributed by atoms with van der Waals surface area (Å²) in [5, 5.41) is 29.8. The van der Waals surface area contributed by atoms with Crippen LogP contribution in [0.25, 0.3) is 0 Å². The van der Waals surface area contributed by atoms with Gasteiger partial charge < -0.3 is 15.3 Å². The van der Waals surface area contributed by atoms with Gasteiger partial charge in [0.2, 0.25) is 0 Å². The lowest BCUT2D eigenvalue weighted by molar-refractivity contribution is -0.121. The van der Waals surface area contributed by atoms with Gasteiger partial charge in [-0.2, -0.15) is 0 Å². The zero-order chi connectivity index (χ0) is 20.8. The summed E-state index contributed by atoms with van der Waals surface area (Å²) in [5.41, 5.74) is -0.917. The quantitative estimate of drug-likeness (QED) is 0.283. The minimum Gasteiger partial charge on any atom is -0.396 e. The second kappa shape index (κ2) is 13.9. The molecule has 0 aromatic heterocycles. The molecule has 0 bridgehead atoms. The second-order valence-corrected chi connectivity index (χ2v) is 8.10. The largest absolute Gasteiger partial charge is 0.396 e. The molecular weight excluding hydrogens is 352 g/mol. The average Bonchev–Trinajstić information content (AvgIpc) is 2.95. The van der Waals surface area contributed by atoms with Crippen molar-refractivity contribution in [3.63, 3.8) is 0 Å². The Morgan fingerprint density at radius 3 is 2.61 bits per heavy atom. The van der Waals surface area contributed by atoms with Gasteiger partial charge >= 0.3 is 0 Å². The predicted molar refractivity (Wildman–Crippen MR) is 115 cm³/mol. The lowest BCUT2D eigenvalue weighted by Gasteiger charge is -2.23. The number of carbonyl (C=O) groups excluding carboxylic acids is 1. The zero-order valence-corrected chi connectivity index (χ0v) is 17.6. The Morgan fingerprint density at radius 1 is 1.14 bits per heavy atom. The molecular formula is C24H40O4. The van der Waals surface area contributed by atoms with Crippen molar-refractivity contribution >= 4 is 5.78 Å². The van der Waals surface area contributed by atoms with Gasteiger partial charge in [-0.15, -0.1) is 6.58 Å². The molecule has 1 fully saturated rings. The second-order valence-electron chi connectivity index (χ2n) is 8.10. The smallest absolute Gasteiger partial charge is 0.139 e. The third-order valence-electron chi connectivity index (χ3n) is 5.74. The fourth-order valence-electron chi connectivity index (χ4n) is 3.84. The average molecular weight is 393 g/mol. The van der Waals surface area contributed by atoms with Crippen LogP contribution in [-0.2, 0) is 4.79 Å². The predicted octanol–water partition coefficient (Wildman–Crippen LogP) is 4.50. The highest BCUT2D eigenvalue weighted by Crippen LogP contribution is 2.34. The van der Waals surface area contributed by atoms with Gasteiger partial charge in [0.05, 0.1) is 11.7 Å². The molecule has 1 unspecified atom stereocenters. The van der Waals surface area contributed by atoms with Crippen molar-refractivity contribution in [2.75, 3.05) is 6.61 Å². The van der Waals surface area contributed by atoms with Crippen LogP contribution >= 0.6 is 0 Å². The first kappa shape index (κ1) is 24.8. The van der Waals surface area contributed by atoms with E-state index in [2.05, 4.69) is 19.6 Å². The molecule has 0 spiro atoms. The highest BCUT2D eigenvalue weighted by atomic mass is 16.3. The van der Waals surface area contributed by atoms with Gasteiger partial charge in [0.15, 0.2) is 0 Å². The molecule has 1 rings (SSSR count). The third kappa shape index (κ3) is 8.85. The van der Waals surface area contributed by atoms with Crippen LogP contribution in [0.2, 0.25) is 0 Å². The summed E-state index contributed by atoms with van der Waals surface area (Å²) >= 11 is 0. The molecule has 1 saturated carbocycles. The van der Waals surface area contributed by atoms with Gasteiger partial charge in [-0.1, -0.05) is 63.0 Å². The van der Waals surface area contributed by atoms with E-state index in [9.17, 15) is 15.0 Å². The van der Waals surface area contributed by atoms with Gasteiger partial charge in [0.25, 0.3) is 0 Å². The number of aliphatic hydroxyl groups excluding tert-OH is 2. The fourth-order valence-corrected chi connectivity index (χ4v) is 3.84. The molecule has 3 N–H and O–H groups in total. The fraction of sp³-hybridized carbons (Fsp3) is 0.708. The molecule has 0 aromatic carbocycles. The van der Waals surface area contributed by atoms with Crippen LogP contribution in [0.5, 0.6) is 0 Å². The normalized spacial score (nSPS) is 25.0. The number of unbranched alkanes of at least 4 members (excludes halogenated alkanes) is 5. The van der Waals surface area contributed by atoms with Crippen LogP contribution in [-0.4, -0.2) is 39.4 Å². The van der Waals surface area contributed by atoms with E-state index < -0.39 is 11.7 Å². The van der Waals surface area contributed by atoms with E-state index in [1.807, 2.05) is 18.2 Å². The van der Waals surface area contributed by atoms with Crippen LogP contribution < -0.4 is 0 Å². The number of rotatable bonds is 15. The van der Waals surface area contributed by atoms with E-state index in [0.717, 1.165) is 38.5 Å². The van der Waals surface area contributed by atoms with E-state index >= 15 is 0 Å². The summed E-state index contributed by atoms with van der Waals surface area (Å²) in [5.74, 6) is -0.272. The number of hydrogen-bond donors (Lipinski definition) is 3. The van der Waals surface area contributed by atoms with E-state index in [-0.39, 0.29) is 30.6 Å². The Labute approximate surface area is 171 Å². The number of allylic oxidation sites excluding steroid dienone is 2. The molecule has 4 heteroatoms. The summed E-state index contributed by atoms with van der Waals surface area (Å²) in [7, 11) is 0. The minimum absolute atomic E-state index is 0.112. The monoisotopic (exact) mass is 392 g/mol. The van der Waals surface area contributed by atoms with Crippen molar-refractivity contribution in [3.05, 3.63) is 37.0 Å². The van der Waals surface area contributed by atoms with Crippen molar-refractivity contribution < 1.29 is 20.1 Å². The van der Waals surface area contributed by atoms with Crippen molar-refractivity contribution in [2.24, 2.45) is 11.8 Å². The molecule has 4 atom stereocenters. The maximum absolute atomic E-state index is 12.3. The maximum Gasteiger partial charge on any atom is 0.139 e. The first-order chi connectivity index (χ1) is 13.5. The van der Waals surface area contributed by atoms with Gasteiger partial charge in [-0.25, -0.2) is 0 Å². The van der Waals surface area contributed by atoms with Crippen LogP contribution in [0.15, 0.2) is 37.0 Å². The standard InChI is InChI=1S/C24H40O4/c1-3-5-6-11-16-24(28,4-2)17-13-15-21-20(22(26)19-23(21)27)14-10-8-7-9-12-18-25/h4,8,10,13,15,20-21,23,25,27-28H,2-3,5-7,9,11-12,14,16-19H2,1H3/t20-,21-,23-,24?/m1/s1. The van der Waals surface area contributed by atoms with E-state index in [1.165, 1.54) is 6.42 Å². The van der Waals surface area contributed by atoms with Crippen molar-refractivity contribution in [3.8, 4) is 0 Å². The molecule has 28 heavy (non-hydrogen) atoms. The highest BCUT2D eigenvalue weighted by Gasteiger charge is 2.39. The Bertz CT molecular complexity index is 511. The topological polar surface area (TPSA) is 77.8 Å². The number of ketones is 1. The Hall–Kier alpha value is -1.23. The first-order valence-electron chi connectivity index (χ1n) is 11.0. The van der Waals surface area contributed by atoms with Crippen molar-refractivity contribution in [1.82, 2.24) is 0 Å². The number of aliphatic hydroxyl groups is 3. The first-order valence-corrected chi connectivity index (χ1v) is 11.0. The molecule has 0 aromatic rings. The summed E-state index contributed by atoms with van der Waals surface area (Å²) in [6.45, 7) is 6.16. The molecule has 1 aliphatic rings. The van der Waals surface area contributed by atoms with Crippen LogP contribution in [0.1, 0.15) is 77.6 Å². The van der Waals surface area contributed by atoms with Crippen molar-refractivity contribution in [2.45, 2.75) is 89.3 Å². The Morgan fingerprint density at radius 2 is 1.93 bits per heavy atom. The molecule has 160 valence electrons. The summed E-state index contributed by atoms with van der Waals surface area (Å²) < 4.78 is 0. The van der Waals surface area contributed by atoms with Gasteiger partial charge in [0, 0.05) is 24.9 Å². The highest BCUT2D eigenvalue weighted by molar-refractivity contribution is 5.84. The Balaban J connectivity index is 2.56. The number of carbonyl (C=O) groups is 1. The SMILES string of the molecule is C=CC(O)(CC=C[C@H]1[C@H](O)CC(=O)[C@@H]1CC=CCCCCO)CCCCCC. The van der Waals surface area contributed by atoms with Crippen LogP contribution in [0.3, 0.4) is 0 Å². The molecule has 0 saturated heterocycles. The molecule has 0 heterocycles. The number of Topliss-reactive ketones (excluding diaryl/α,β-unsaturated/α-hetero) is 1. The van der Waals surface area contributed by atoms with E-state index in [1.54, 1.807) is 6.08 Å². The van der Waals surface area contributed by atoms with Gasteiger partial charge in [-0.05, 0) is 38.5 Å². The zero-order valence-electron chi connectivity index (χ0n) is 17.6. The van der Waals surface area contributed by atoms with E-state index in [4.69, 9.17) is 5.11 Å². The van der Waals surface area contributed by atoms with Crippen LogP contribution in [0.4, 0.5) is 0 Å². The maximum atomic E-state index is 12.3. The molecule has 4 nitrogen and oxygen atoms in total. The van der Waals surface area contributed by atoms with Gasteiger partial charge in [0.1, 0.15) is 5.78 Å². The summed E-state index contributed by atoms with van der Waals surface area (Å²) in [6.07, 6.45) is 17.9. The molecule has 0 aliphatic heterocycles. The minimum atomic E-state index is -0.917. The summed E-state index contributed by atoms with van der Waals surface area (Å²) in [6, 6.07) is 0. The Kier molecular flexibility index (Phi) is 12.3. The van der Waals surface area contributed by atoms with Gasteiger partial charge in [-0.3, -0.25) is 4.79 Å². The van der Waals surface area contributed by atoms with Crippen molar-refractivity contribution in [1.29, 1.82) is 0 Å². The van der Waals surface area contributed by atoms with Crippen LogP contribution in [0, 0.1) is 11.8 Å². The number of hydrogen-bond acceptors (Lipinski definition) is 4. The molecule has 0 amide bonds. The molecule has 0 radical (unpaired) electrons. The molecule has 1 aliphatic carbocycles. The lowest BCUT2D eigenvalue weighted by atomic mass is 9.88. The third-order valence-corrected chi connectivity index (χ3v) is 5.74. The lowest BCUT2D eigenvalue weighted by Crippen LogP contribution is -2.25. The summed E-state index contributed by atoms with van der Waals surface area (Å²) in [4.78, 5) is 12.3. The van der Waals surface area contributed by atoms with E-state index in [0.29, 0.717) is 19.3 Å².